The standard InChI is InChI=1S/C13H13F2NO2/c1-16-7-12-9(3-4-18-12)13-10(14)5-8(17-2)6-11(13)15/h3-6,16H,7H2,1-2H3. The number of benzene rings is 1. The maximum absolute atomic E-state index is 13.9. The van der Waals surface area contributed by atoms with Crippen LogP contribution in [0.2, 0.25) is 0 Å². The van der Waals surface area contributed by atoms with Gasteiger partial charge in [0.1, 0.15) is 23.1 Å². The summed E-state index contributed by atoms with van der Waals surface area (Å²) < 4.78 is 37.8. The highest BCUT2D eigenvalue weighted by Gasteiger charge is 2.18. The van der Waals surface area contributed by atoms with E-state index in [2.05, 4.69) is 5.32 Å². The predicted octanol–water partition coefficient (Wildman–Crippen LogP) is 2.95. The average molecular weight is 253 g/mol. The molecule has 0 aliphatic heterocycles. The fraction of sp³-hybridized carbons (Fsp3) is 0.231. The lowest BCUT2D eigenvalue weighted by Crippen LogP contribution is -2.05. The highest BCUT2D eigenvalue weighted by molar-refractivity contribution is 5.67. The summed E-state index contributed by atoms with van der Waals surface area (Å²) in [6, 6.07) is 3.84. The third-order valence-corrected chi connectivity index (χ3v) is 2.60. The number of ether oxygens (including phenoxy) is 1. The Balaban J connectivity index is 2.53. The summed E-state index contributed by atoms with van der Waals surface area (Å²) in [6.45, 7) is 0.396. The summed E-state index contributed by atoms with van der Waals surface area (Å²) in [5.74, 6) is -0.718. The van der Waals surface area contributed by atoms with Gasteiger partial charge in [-0.2, -0.15) is 0 Å². The van der Waals surface area contributed by atoms with Crippen LogP contribution in [-0.2, 0) is 6.54 Å². The molecule has 0 saturated heterocycles. The largest absolute Gasteiger partial charge is 0.497 e. The Bertz CT molecular complexity index is 529. The average Bonchev–Trinajstić information content (AvgIpc) is 2.77. The maximum Gasteiger partial charge on any atom is 0.137 e. The fourth-order valence-electron chi connectivity index (χ4n) is 1.79. The van der Waals surface area contributed by atoms with Crippen molar-refractivity contribution in [2.24, 2.45) is 0 Å². The third kappa shape index (κ3) is 2.22. The van der Waals surface area contributed by atoms with Crippen molar-refractivity contribution in [2.75, 3.05) is 14.2 Å². The van der Waals surface area contributed by atoms with Gasteiger partial charge >= 0.3 is 0 Å². The number of halogens is 2. The molecule has 1 heterocycles. The van der Waals surface area contributed by atoms with E-state index in [9.17, 15) is 8.78 Å². The lowest BCUT2D eigenvalue weighted by atomic mass is 10.0. The van der Waals surface area contributed by atoms with Gasteiger partial charge in [0.2, 0.25) is 0 Å². The van der Waals surface area contributed by atoms with Crippen LogP contribution < -0.4 is 10.1 Å². The second-order valence-corrected chi connectivity index (χ2v) is 3.75. The van der Waals surface area contributed by atoms with Gasteiger partial charge in [0.15, 0.2) is 0 Å². The highest BCUT2D eigenvalue weighted by atomic mass is 19.1. The van der Waals surface area contributed by atoms with E-state index < -0.39 is 11.6 Å². The highest BCUT2D eigenvalue weighted by Crippen LogP contribution is 2.32. The molecule has 0 aliphatic carbocycles. The number of nitrogens with one attached hydrogen (secondary N) is 1. The van der Waals surface area contributed by atoms with Gasteiger partial charge in [-0.15, -0.1) is 0 Å². The number of hydrogen-bond acceptors (Lipinski definition) is 3. The Morgan fingerprint density at radius 3 is 2.50 bits per heavy atom. The smallest absolute Gasteiger partial charge is 0.137 e. The first-order valence-electron chi connectivity index (χ1n) is 5.41. The summed E-state index contributed by atoms with van der Waals surface area (Å²) >= 11 is 0. The van der Waals surface area contributed by atoms with E-state index in [-0.39, 0.29) is 11.3 Å². The molecule has 3 nitrogen and oxygen atoms in total. The number of hydrogen-bond donors (Lipinski definition) is 1. The van der Waals surface area contributed by atoms with Crippen molar-refractivity contribution in [1.82, 2.24) is 5.32 Å². The molecule has 0 aliphatic rings. The first kappa shape index (κ1) is 12.6. The number of furan rings is 1. The molecule has 0 radical (unpaired) electrons. The third-order valence-electron chi connectivity index (χ3n) is 2.60. The Labute approximate surface area is 103 Å². The first-order valence-corrected chi connectivity index (χ1v) is 5.41. The molecule has 1 N–H and O–H groups in total. The van der Waals surface area contributed by atoms with Gasteiger partial charge < -0.3 is 14.5 Å². The number of methoxy groups -OCH3 is 1. The Kier molecular flexibility index (Phi) is 3.62. The SMILES string of the molecule is CNCc1occc1-c1c(F)cc(OC)cc1F. The molecule has 0 amide bonds. The summed E-state index contributed by atoms with van der Waals surface area (Å²) in [4.78, 5) is 0. The molecule has 0 bridgehead atoms. The summed E-state index contributed by atoms with van der Waals surface area (Å²) in [7, 11) is 3.09. The van der Waals surface area contributed by atoms with E-state index in [0.717, 1.165) is 12.1 Å². The van der Waals surface area contributed by atoms with E-state index >= 15 is 0 Å². The minimum Gasteiger partial charge on any atom is -0.497 e. The van der Waals surface area contributed by atoms with E-state index in [4.69, 9.17) is 9.15 Å². The van der Waals surface area contributed by atoms with Crippen LogP contribution in [0, 0.1) is 11.6 Å². The molecule has 18 heavy (non-hydrogen) atoms. The molecule has 0 spiro atoms. The first-order chi connectivity index (χ1) is 8.67. The van der Waals surface area contributed by atoms with Gasteiger partial charge in [-0.1, -0.05) is 0 Å². The van der Waals surface area contributed by atoms with Crippen LogP contribution in [0.15, 0.2) is 28.9 Å². The Hall–Kier alpha value is -1.88. The normalized spacial score (nSPS) is 10.7. The molecule has 0 unspecified atom stereocenters. The summed E-state index contributed by atoms with van der Waals surface area (Å²) in [5.41, 5.74) is 0.303. The van der Waals surface area contributed by atoms with E-state index in [1.165, 1.54) is 13.4 Å². The Morgan fingerprint density at radius 1 is 1.28 bits per heavy atom. The molecule has 0 saturated carbocycles. The molecule has 2 rings (SSSR count). The lowest BCUT2D eigenvalue weighted by molar-refractivity contribution is 0.407. The van der Waals surface area contributed by atoms with Gasteiger partial charge in [0.25, 0.3) is 0 Å². The van der Waals surface area contributed by atoms with Crippen LogP contribution >= 0.6 is 0 Å². The molecule has 0 fully saturated rings. The molecule has 96 valence electrons. The van der Waals surface area contributed by atoms with Crippen LogP contribution in [0.25, 0.3) is 11.1 Å². The molecule has 0 atom stereocenters. The van der Waals surface area contributed by atoms with Crippen LogP contribution in [-0.4, -0.2) is 14.2 Å². The van der Waals surface area contributed by atoms with Crippen LogP contribution in [0.1, 0.15) is 5.76 Å². The summed E-state index contributed by atoms with van der Waals surface area (Å²) in [6.07, 6.45) is 1.41. The van der Waals surface area contributed by atoms with Gasteiger partial charge in [0.05, 0.1) is 25.5 Å². The van der Waals surface area contributed by atoms with E-state index in [1.54, 1.807) is 13.1 Å². The Morgan fingerprint density at radius 2 is 1.94 bits per heavy atom. The topological polar surface area (TPSA) is 34.4 Å². The van der Waals surface area contributed by atoms with E-state index in [0.29, 0.717) is 17.9 Å². The molecule has 1 aromatic carbocycles. The van der Waals surface area contributed by atoms with Crippen LogP contribution in [0.3, 0.4) is 0 Å². The lowest BCUT2D eigenvalue weighted by Gasteiger charge is -2.08. The zero-order valence-electron chi connectivity index (χ0n) is 10.1. The van der Waals surface area contributed by atoms with Crippen molar-refractivity contribution in [3.05, 3.63) is 41.9 Å². The minimum atomic E-state index is -0.675. The van der Waals surface area contributed by atoms with Gasteiger partial charge in [-0.25, -0.2) is 8.78 Å². The van der Waals surface area contributed by atoms with Crippen molar-refractivity contribution in [2.45, 2.75) is 6.54 Å². The van der Waals surface area contributed by atoms with Gasteiger partial charge in [0, 0.05) is 17.7 Å². The molecular weight excluding hydrogens is 240 g/mol. The van der Waals surface area contributed by atoms with Crippen LogP contribution in [0.5, 0.6) is 5.75 Å². The monoisotopic (exact) mass is 253 g/mol. The second kappa shape index (κ2) is 5.18. The van der Waals surface area contributed by atoms with Crippen LogP contribution in [0.4, 0.5) is 8.78 Å². The fourth-order valence-corrected chi connectivity index (χ4v) is 1.79. The maximum atomic E-state index is 13.9. The minimum absolute atomic E-state index is 0.102. The molecule has 1 aromatic heterocycles. The van der Waals surface area contributed by atoms with Crippen molar-refractivity contribution < 1.29 is 17.9 Å². The van der Waals surface area contributed by atoms with Crippen molar-refractivity contribution in [3.63, 3.8) is 0 Å². The molecule has 5 heteroatoms. The van der Waals surface area contributed by atoms with Crippen molar-refractivity contribution >= 4 is 0 Å². The van der Waals surface area contributed by atoms with Gasteiger partial charge in [-0.3, -0.25) is 0 Å². The molecular formula is C13H13F2NO2. The van der Waals surface area contributed by atoms with Crippen molar-refractivity contribution in [3.8, 4) is 16.9 Å². The zero-order valence-corrected chi connectivity index (χ0v) is 10.1. The quantitative estimate of drug-likeness (QED) is 0.909. The molecule has 2 aromatic rings. The number of rotatable bonds is 4. The predicted molar refractivity (Wildman–Crippen MR) is 63.4 cm³/mol. The van der Waals surface area contributed by atoms with Gasteiger partial charge in [-0.05, 0) is 13.1 Å². The van der Waals surface area contributed by atoms with Crippen molar-refractivity contribution in [1.29, 1.82) is 0 Å². The zero-order chi connectivity index (χ0) is 13.1. The van der Waals surface area contributed by atoms with E-state index in [1.807, 2.05) is 0 Å². The second-order valence-electron chi connectivity index (χ2n) is 3.75. The summed E-state index contributed by atoms with van der Waals surface area (Å²) in [5, 5.41) is 2.88.